The minimum atomic E-state index is -0.576. The Balaban J connectivity index is 0.994. The maximum absolute atomic E-state index is 13.9. The van der Waals surface area contributed by atoms with Gasteiger partial charge in [0.25, 0.3) is 11.8 Å². The number of hydrogen-bond donors (Lipinski definition) is 3. The number of carbonyl (C=O) groups excluding carboxylic acids is 3. The summed E-state index contributed by atoms with van der Waals surface area (Å²) in [5.74, 6) is -1.07. The zero-order chi connectivity index (χ0) is 38.3. The molecule has 8 rings (SSSR count). The number of thioether (sulfide) groups is 1. The first-order chi connectivity index (χ1) is 27.5. The molecule has 0 aliphatic carbocycles. The van der Waals surface area contributed by atoms with Crippen LogP contribution in [0.15, 0.2) is 186 Å². The number of hydrogen-bond acceptors (Lipinski definition) is 6. The van der Waals surface area contributed by atoms with Gasteiger partial charge in [-0.2, -0.15) is 0 Å². The Morgan fingerprint density at radius 3 is 2.11 bits per heavy atom. The highest BCUT2D eigenvalue weighted by atomic mass is 32.2. The molecule has 56 heavy (non-hydrogen) atoms. The predicted octanol–water partition coefficient (Wildman–Crippen LogP) is 11.0. The van der Waals surface area contributed by atoms with Crippen molar-refractivity contribution in [3.05, 3.63) is 198 Å². The number of amides is 3. The average Bonchev–Trinajstić information content (AvgIpc) is 3.72. The van der Waals surface area contributed by atoms with Crippen molar-refractivity contribution < 1.29 is 14.4 Å². The molecular formula is C47H34N4O3S2. The van der Waals surface area contributed by atoms with Gasteiger partial charge >= 0.3 is 0 Å². The summed E-state index contributed by atoms with van der Waals surface area (Å²) in [6.07, 6.45) is 1.69. The van der Waals surface area contributed by atoms with Gasteiger partial charge in [0.2, 0.25) is 5.91 Å². The number of anilines is 2. The summed E-state index contributed by atoms with van der Waals surface area (Å²) >= 11 is 2.79. The van der Waals surface area contributed by atoms with Gasteiger partial charge in [0, 0.05) is 27.1 Å². The van der Waals surface area contributed by atoms with Crippen LogP contribution in [0.25, 0.3) is 38.9 Å². The molecule has 8 aromatic rings. The summed E-state index contributed by atoms with van der Waals surface area (Å²) in [6, 6.07) is 53.8. The van der Waals surface area contributed by atoms with Gasteiger partial charge in [-0.25, -0.2) is 4.98 Å². The summed E-state index contributed by atoms with van der Waals surface area (Å²) in [5.41, 5.74) is 4.48. The van der Waals surface area contributed by atoms with Crippen LogP contribution in [0.2, 0.25) is 0 Å². The fourth-order valence-electron chi connectivity index (χ4n) is 6.31. The Labute approximate surface area is 332 Å². The van der Waals surface area contributed by atoms with E-state index >= 15 is 0 Å². The van der Waals surface area contributed by atoms with Crippen LogP contribution in [0.5, 0.6) is 0 Å². The highest BCUT2D eigenvalue weighted by Gasteiger charge is 2.24. The van der Waals surface area contributed by atoms with Crippen LogP contribution in [-0.4, -0.2) is 22.7 Å². The molecule has 7 aromatic carbocycles. The fourth-order valence-corrected chi connectivity index (χ4v) is 8.06. The summed E-state index contributed by atoms with van der Waals surface area (Å²) in [4.78, 5) is 46.5. The van der Waals surface area contributed by atoms with E-state index in [-0.39, 0.29) is 11.6 Å². The Bertz CT molecular complexity index is 2710. The van der Waals surface area contributed by atoms with Crippen molar-refractivity contribution in [3.63, 3.8) is 0 Å². The van der Waals surface area contributed by atoms with Crippen LogP contribution in [-0.2, 0) is 9.59 Å². The van der Waals surface area contributed by atoms with Gasteiger partial charge in [-0.05, 0) is 81.2 Å². The van der Waals surface area contributed by atoms with Crippen LogP contribution in [0.1, 0.15) is 26.7 Å². The first kappa shape index (κ1) is 36.2. The Morgan fingerprint density at radius 2 is 1.32 bits per heavy atom. The number of fused-ring (bicyclic) bond motifs is 2. The first-order valence-corrected chi connectivity index (χ1v) is 19.7. The molecule has 0 spiro atoms. The number of nitrogens with one attached hydrogen (secondary N) is 3. The number of thiazole rings is 1. The minimum absolute atomic E-state index is 0.0976. The van der Waals surface area contributed by atoms with Gasteiger partial charge < -0.3 is 16.0 Å². The van der Waals surface area contributed by atoms with E-state index in [1.165, 1.54) is 23.1 Å². The number of rotatable bonds is 11. The highest BCUT2D eigenvalue weighted by molar-refractivity contribution is 8.00. The predicted molar refractivity (Wildman–Crippen MR) is 230 cm³/mol. The maximum Gasteiger partial charge on any atom is 0.272 e. The van der Waals surface area contributed by atoms with Gasteiger partial charge in [-0.15, -0.1) is 23.1 Å². The standard InChI is InChI=1S/C47H34N4O3S2/c52-44(34-16-5-2-6-17-34)49-41(29-36-20-11-19-32-13-9-10-21-40(32)36)45(53)48-38-24-26-39(27-25-38)56-43(33-14-3-1-4-15-33)46(54)51-47-50-42(30-55-47)37-23-22-31-12-7-8-18-35(31)28-37/h1-30,43H,(H,48,53)(H,49,52)(H,50,51,54)/b41-29-. The molecule has 3 N–H and O–H groups in total. The summed E-state index contributed by atoms with van der Waals surface area (Å²) in [7, 11) is 0. The number of aromatic nitrogens is 1. The molecule has 0 bridgehead atoms. The molecule has 0 radical (unpaired) electrons. The van der Waals surface area contributed by atoms with Crippen LogP contribution in [0.4, 0.5) is 10.8 Å². The normalized spacial score (nSPS) is 11.9. The minimum Gasteiger partial charge on any atom is -0.321 e. The molecule has 1 aromatic heterocycles. The zero-order valence-corrected chi connectivity index (χ0v) is 31.5. The van der Waals surface area contributed by atoms with E-state index in [0.29, 0.717) is 16.4 Å². The Morgan fingerprint density at radius 1 is 0.643 bits per heavy atom. The summed E-state index contributed by atoms with van der Waals surface area (Å²) in [5, 5.41) is 15.0. The topological polar surface area (TPSA) is 100 Å². The van der Waals surface area contributed by atoms with E-state index in [2.05, 4.69) is 40.2 Å². The fraction of sp³-hybridized carbons (Fsp3) is 0.0213. The third-order valence-electron chi connectivity index (χ3n) is 9.14. The molecule has 3 amide bonds. The van der Waals surface area contributed by atoms with Crippen molar-refractivity contribution in [2.75, 3.05) is 10.6 Å². The second-order valence-corrected chi connectivity index (χ2v) is 15.0. The SMILES string of the molecule is O=C(Nc1ccc(SC(C(=O)Nc2nc(-c3ccc4ccccc4c3)cs2)c2ccccc2)cc1)/C(=C/c1cccc2ccccc12)NC(=O)c1ccccc1. The van der Waals surface area contributed by atoms with Gasteiger partial charge in [-0.3, -0.25) is 14.4 Å². The van der Waals surface area contributed by atoms with Crippen molar-refractivity contribution in [3.8, 4) is 11.3 Å². The average molecular weight is 767 g/mol. The monoisotopic (exact) mass is 766 g/mol. The van der Waals surface area contributed by atoms with E-state index in [0.717, 1.165) is 48.8 Å². The van der Waals surface area contributed by atoms with Gasteiger partial charge in [0.1, 0.15) is 10.9 Å². The summed E-state index contributed by atoms with van der Waals surface area (Å²) < 4.78 is 0. The lowest BCUT2D eigenvalue weighted by Crippen LogP contribution is -2.30. The van der Waals surface area contributed by atoms with Gasteiger partial charge in [-0.1, -0.05) is 127 Å². The maximum atomic E-state index is 13.9. The Kier molecular flexibility index (Phi) is 10.8. The van der Waals surface area contributed by atoms with Crippen molar-refractivity contribution in [2.24, 2.45) is 0 Å². The van der Waals surface area contributed by atoms with Crippen LogP contribution in [0, 0.1) is 0 Å². The van der Waals surface area contributed by atoms with Crippen LogP contribution < -0.4 is 16.0 Å². The second kappa shape index (κ2) is 16.7. The summed E-state index contributed by atoms with van der Waals surface area (Å²) in [6.45, 7) is 0. The smallest absolute Gasteiger partial charge is 0.272 e. The molecule has 0 saturated carbocycles. The lowest BCUT2D eigenvalue weighted by molar-refractivity contribution is -0.116. The largest absolute Gasteiger partial charge is 0.321 e. The lowest BCUT2D eigenvalue weighted by Gasteiger charge is -2.17. The van der Waals surface area contributed by atoms with Gasteiger partial charge in [0.05, 0.1) is 5.69 Å². The Hall–Kier alpha value is -6.81. The molecule has 1 atom stereocenters. The van der Waals surface area contributed by atoms with Crippen molar-refractivity contribution in [1.29, 1.82) is 0 Å². The van der Waals surface area contributed by atoms with Crippen molar-refractivity contribution in [2.45, 2.75) is 10.1 Å². The molecule has 1 heterocycles. The van der Waals surface area contributed by atoms with Crippen molar-refractivity contribution >= 4 is 79.3 Å². The second-order valence-electron chi connectivity index (χ2n) is 12.9. The lowest BCUT2D eigenvalue weighted by atomic mass is 10.0. The molecule has 0 aliphatic rings. The van der Waals surface area contributed by atoms with Gasteiger partial charge in [0.15, 0.2) is 5.13 Å². The zero-order valence-electron chi connectivity index (χ0n) is 29.9. The molecule has 0 fully saturated rings. The molecule has 9 heteroatoms. The first-order valence-electron chi connectivity index (χ1n) is 17.9. The molecule has 272 valence electrons. The van der Waals surface area contributed by atoms with Crippen LogP contribution in [0.3, 0.4) is 0 Å². The quantitative estimate of drug-likeness (QED) is 0.0899. The van der Waals surface area contributed by atoms with Crippen LogP contribution >= 0.6 is 23.1 Å². The number of carbonyl (C=O) groups is 3. The molecule has 1 unspecified atom stereocenters. The third-order valence-corrected chi connectivity index (χ3v) is 11.2. The van der Waals surface area contributed by atoms with E-state index in [1.54, 1.807) is 42.5 Å². The molecule has 7 nitrogen and oxygen atoms in total. The third kappa shape index (κ3) is 8.44. The van der Waals surface area contributed by atoms with E-state index in [4.69, 9.17) is 4.98 Å². The molecule has 0 saturated heterocycles. The van der Waals surface area contributed by atoms with Crippen molar-refractivity contribution in [1.82, 2.24) is 10.3 Å². The molecule has 0 aliphatic heterocycles. The highest BCUT2D eigenvalue weighted by Crippen LogP contribution is 2.37. The molecular weight excluding hydrogens is 733 g/mol. The van der Waals surface area contributed by atoms with E-state index < -0.39 is 17.1 Å². The van der Waals surface area contributed by atoms with E-state index in [9.17, 15) is 14.4 Å². The van der Waals surface area contributed by atoms with E-state index in [1.807, 2.05) is 115 Å². The number of benzene rings is 7. The number of nitrogens with zero attached hydrogens (tertiary/aromatic N) is 1.